The van der Waals surface area contributed by atoms with E-state index in [1.54, 1.807) is 24.3 Å². The molecule has 3 rings (SSSR count). The van der Waals surface area contributed by atoms with Crippen LogP contribution in [-0.2, 0) is 4.79 Å². The lowest BCUT2D eigenvalue weighted by atomic mass is 10.1. The van der Waals surface area contributed by atoms with Crippen LogP contribution in [0.15, 0.2) is 83.3 Å². The number of hydrogen-bond acceptors (Lipinski definition) is 3. The van der Waals surface area contributed by atoms with Crippen LogP contribution in [0.5, 0.6) is 0 Å². The fourth-order valence-electron chi connectivity index (χ4n) is 2.77. The molecule has 5 nitrogen and oxygen atoms in total. The van der Waals surface area contributed by atoms with E-state index in [1.807, 2.05) is 61.5 Å². The molecule has 0 aliphatic carbocycles. The summed E-state index contributed by atoms with van der Waals surface area (Å²) in [5, 5.41) is 8.86. The summed E-state index contributed by atoms with van der Waals surface area (Å²) in [6, 6.07) is 24.2. The van der Waals surface area contributed by atoms with Gasteiger partial charge in [0.15, 0.2) is 0 Å². The van der Waals surface area contributed by atoms with E-state index < -0.39 is 0 Å². The van der Waals surface area contributed by atoms with Crippen molar-refractivity contribution in [3.05, 3.63) is 94.5 Å². The summed E-state index contributed by atoms with van der Waals surface area (Å²) in [7, 11) is 0. The maximum atomic E-state index is 12.4. The van der Waals surface area contributed by atoms with Gasteiger partial charge in [-0.2, -0.15) is 0 Å². The van der Waals surface area contributed by atoms with Crippen LogP contribution in [0.2, 0.25) is 0 Å². The van der Waals surface area contributed by atoms with Crippen molar-refractivity contribution in [1.29, 1.82) is 0 Å². The molecule has 3 aromatic carbocycles. The predicted octanol–water partition coefficient (Wildman–Crippen LogP) is 4.99. The van der Waals surface area contributed by atoms with Gasteiger partial charge in [0.05, 0.1) is 12.6 Å². The Bertz CT molecular complexity index is 958. The second-order valence-electron chi connectivity index (χ2n) is 6.59. The van der Waals surface area contributed by atoms with Crippen molar-refractivity contribution in [2.45, 2.75) is 13.0 Å². The van der Waals surface area contributed by atoms with E-state index in [0.29, 0.717) is 5.56 Å². The number of rotatable bonds is 7. The van der Waals surface area contributed by atoms with Gasteiger partial charge in [0.1, 0.15) is 0 Å². The summed E-state index contributed by atoms with van der Waals surface area (Å²) < 4.78 is 0.955. The minimum atomic E-state index is -0.147. The van der Waals surface area contributed by atoms with Gasteiger partial charge in [-0.05, 0) is 61.0 Å². The highest BCUT2D eigenvalue weighted by molar-refractivity contribution is 9.10. The Labute approximate surface area is 178 Å². The number of benzene rings is 3. The molecule has 29 heavy (non-hydrogen) atoms. The van der Waals surface area contributed by atoms with Gasteiger partial charge in [-0.15, -0.1) is 0 Å². The van der Waals surface area contributed by atoms with Gasteiger partial charge in [0.25, 0.3) is 5.91 Å². The lowest BCUT2D eigenvalue weighted by molar-refractivity contribution is -0.114. The monoisotopic (exact) mass is 451 g/mol. The minimum absolute atomic E-state index is 0.0798. The zero-order chi connectivity index (χ0) is 20.6. The third-order valence-electron chi connectivity index (χ3n) is 4.38. The van der Waals surface area contributed by atoms with Crippen LogP contribution >= 0.6 is 15.9 Å². The normalized spacial score (nSPS) is 11.4. The number of anilines is 2. The van der Waals surface area contributed by atoms with Crippen molar-refractivity contribution in [2.75, 3.05) is 17.2 Å². The number of carbonyl (C=O) groups is 2. The lowest BCUT2D eigenvalue weighted by Crippen LogP contribution is -2.26. The topological polar surface area (TPSA) is 70.2 Å². The maximum Gasteiger partial charge on any atom is 0.251 e. The van der Waals surface area contributed by atoms with Crippen molar-refractivity contribution in [1.82, 2.24) is 5.32 Å². The Balaban J connectivity index is 1.49. The molecule has 0 radical (unpaired) electrons. The summed E-state index contributed by atoms with van der Waals surface area (Å²) in [6.07, 6.45) is 0. The Kier molecular flexibility index (Phi) is 7.03. The first-order valence-electron chi connectivity index (χ1n) is 9.26. The molecule has 1 atom stereocenters. The molecule has 1 unspecified atom stereocenters. The van der Waals surface area contributed by atoms with Crippen molar-refractivity contribution in [3.63, 3.8) is 0 Å². The van der Waals surface area contributed by atoms with E-state index in [9.17, 15) is 9.59 Å². The summed E-state index contributed by atoms with van der Waals surface area (Å²) in [6.45, 7) is 2.08. The van der Waals surface area contributed by atoms with Crippen LogP contribution < -0.4 is 16.0 Å². The van der Waals surface area contributed by atoms with E-state index in [-0.39, 0.29) is 24.4 Å². The Morgan fingerprint density at radius 2 is 1.48 bits per heavy atom. The quantitative estimate of drug-likeness (QED) is 0.473. The number of carbonyl (C=O) groups excluding carboxylic acids is 2. The first-order valence-corrected chi connectivity index (χ1v) is 10.1. The number of hydrogen-bond donors (Lipinski definition) is 3. The van der Waals surface area contributed by atoms with Crippen LogP contribution in [0.4, 0.5) is 11.4 Å². The van der Waals surface area contributed by atoms with Gasteiger partial charge >= 0.3 is 0 Å². The van der Waals surface area contributed by atoms with E-state index in [2.05, 4.69) is 31.9 Å². The molecular weight excluding hydrogens is 430 g/mol. The molecule has 3 N–H and O–H groups in total. The van der Waals surface area contributed by atoms with E-state index in [0.717, 1.165) is 21.4 Å². The minimum Gasteiger partial charge on any atom is -0.376 e. The average molecular weight is 452 g/mol. The largest absolute Gasteiger partial charge is 0.376 e. The van der Waals surface area contributed by atoms with Gasteiger partial charge in [0, 0.05) is 21.4 Å². The van der Waals surface area contributed by atoms with E-state index in [1.165, 1.54) is 0 Å². The van der Waals surface area contributed by atoms with Crippen LogP contribution in [-0.4, -0.2) is 18.4 Å². The highest BCUT2D eigenvalue weighted by Crippen LogP contribution is 2.15. The first-order chi connectivity index (χ1) is 14.0. The smallest absolute Gasteiger partial charge is 0.251 e. The third kappa shape index (κ3) is 6.19. The number of halogens is 1. The fourth-order valence-corrected chi connectivity index (χ4v) is 3.03. The molecule has 2 amide bonds. The van der Waals surface area contributed by atoms with Crippen molar-refractivity contribution in [2.24, 2.45) is 0 Å². The molecule has 0 aromatic heterocycles. The number of nitrogens with one attached hydrogen (secondary N) is 3. The molecule has 0 bridgehead atoms. The SMILES string of the molecule is CC(NC(=O)c1ccc(NCC(=O)Nc2ccc(Br)cc2)cc1)c1ccccc1. The Morgan fingerprint density at radius 1 is 0.862 bits per heavy atom. The van der Waals surface area contributed by atoms with E-state index in [4.69, 9.17) is 0 Å². The molecule has 0 saturated heterocycles. The molecule has 0 aliphatic heterocycles. The molecule has 148 valence electrons. The highest BCUT2D eigenvalue weighted by atomic mass is 79.9. The second kappa shape index (κ2) is 9.89. The summed E-state index contributed by atoms with van der Waals surface area (Å²) in [5.41, 5.74) is 3.12. The second-order valence-corrected chi connectivity index (χ2v) is 7.51. The molecule has 0 aliphatic rings. The van der Waals surface area contributed by atoms with Gasteiger partial charge in [-0.1, -0.05) is 46.3 Å². The van der Waals surface area contributed by atoms with Gasteiger partial charge in [0.2, 0.25) is 5.91 Å². The number of amides is 2. The Morgan fingerprint density at radius 3 is 2.14 bits per heavy atom. The fraction of sp³-hybridized carbons (Fsp3) is 0.130. The lowest BCUT2D eigenvalue weighted by Gasteiger charge is -2.14. The zero-order valence-electron chi connectivity index (χ0n) is 16.0. The van der Waals surface area contributed by atoms with Crippen molar-refractivity contribution >= 4 is 39.1 Å². The van der Waals surface area contributed by atoms with Crippen LogP contribution in [0.3, 0.4) is 0 Å². The van der Waals surface area contributed by atoms with Crippen LogP contribution in [0, 0.1) is 0 Å². The summed E-state index contributed by atoms with van der Waals surface area (Å²) in [4.78, 5) is 24.5. The molecule has 0 fully saturated rings. The van der Waals surface area contributed by atoms with Gasteiger partial charge in [-0.3, -0.25) is 9.59 Å². The highest BCUT2D eigenvalue weighted by Gasteiger charge is 2.11. The van der Waals surface area contributed by atoms with E-state index >= 15 is 0 Å². The van der Waals surface area contributed by atoms with Crippen molar-refractivity contribution in [3.8, 4) is 0 Å². The summed E-state index contributed by atoms with van der Waals surface area (Å²) in [5.74, 6) is -0.285. The molecule has 0 heterocycles. The standard InChI is InChI=1S/C23H22BrN3O2/c1-16(17-5-3-2-4-6-17)26-23(29)18-7-11-20(12-8-18)25-15-22(28)27-21-13-9-19(24)10-14-21/h2-14,16,25H,15H2,1H3,(H,26,29)(H,27,28). The molecule has 0 saturated carbocycles. The van der Waals surface area contributed by atoms with Crippen LogP contribution in [0.25, 0.3) is 0 Å². The first kappa shape index (κ1) is 20.6. The molecule has 0 spiro atoms. The Hall–Kier alpha value is -3.12. The van der Waals surface area contributed by atoms with Gasteiger partial charge in [-0.25, -0.2) is 0 Å². The van der Waals surface area contributed by atoms with Crippen molar-refractivity contribution < 1.29 is 9.59 Å². The molecule has 6 heteroatoms. The average Bonchev–Trinajstić information content (AvgIpc) is 2.75. The predicted molar refractivity (Wildman–Crippen MR) is 120 cm³/mol. The molecular formula is C23H22BrN3O2. The maximum absolute atomic E-state index is 12.4. The summed E-state index contributed by atoms with van der Waals surface area (Å²) >= 11 is 3.36. The zero-order valence-corrected chi connectivity index (χ0v) is 17.6. The third-order valence-corrected chi connectivity index (χ3v) is 4.90. The molecule has 3 aromatic rings. The van der Waals surface area contributed by atoms with Crippen LogP contribution in [0.1, 0.15) is 28.9 Å². The van der Waals surface area contributed by atoms with Gasteiger partial charge < -0.3 is 16.0 Å².